The third-order valence-electron chi connectivity index (χ3n) is 2.84. The molecule has 0 amide bonds. The predicted octanol–water partition coefficient (Wildman–Crippen LogP) is 2.20. The van der Waals surface area contributed by atoms with E-state index in [-0.39, 0.29) is 6.04 Å². The summed E-state index contributed by atoms with van der Waals surface area (Å²) in [6.07, 6.45) is 1.84. The molecule has 0 aromatic carbocycles. The lowest BCUT2D eigenvalue weighted by Gasteiger charge is -2.29. The molecule has 2 rings (SSSR count). The molecule has 0 saturated carbocycles. The monoisotopic (exact) mass is 270 g/mol. The van der Waals surface area contributed by atoms with Crippen LogP contribution in [-0.2, 0) is 0 Å². The molecular formula is C12H18N2OS2. The van der Waals surface area contributed by atoms with Gasteiger partial charge in [0.15, 0.2) is 0 Å². The van der Waals surface area contributed by atoms with Crippen molar-refractivity contribution in [3.05, 3.63) is 24.0 Å². The van der Waals surface area contributed by atoms with E-state index in [4.69, 9.17) is 4.74 Å². The zero-order chi connectivity index (χ0) is 12.1. The SMILES string of the molecule is CNC(c1ncccc1OC)C1CSCCS1. The van der Waals surface area contributed by atoms with Gasteiger partial charge in [0.1, 0.15) is 11.4 Å². The molecule has 1 N–H and O–H groups in total. The van der Waals surface area contributed by atoms with Crippen LogP contribution in [0.25, 0.3) is 0 Å². The predicted molar refractivity (Wildman–Crippen MR) is 76.2 cm³/mol. The lowest BCUT2D eigenvalue weighted by molar-refractivity contribution is 0.397. The zero-order valence-electron chi connectivity index (χ0n) is 10.2. The molecule has 1 aliphatic rings. The van der Waals surface area contributed by atoms with E-state index in [1.165, 1.54) is 17.3 Å². The Labute approximate surface area is 111 Å². The average molecular weight is 270 g/mol. The van der Waals surface area contributed by atoms with E-state index >= 15 is 0 Å². The molecule has 0 radical (unpaired) electrons. The summed E-state index contributed by atoms with van der Waals surface area (Å²) in [4.78, 5) is 4.49. The summed E-state index contributed by atoms with van der Waals surface area (Å²) in [5, 5.41) is 3.96. The molecule has 0 aliphatic carbocycles. The highest BCUT2D eigenvalue weighted by Gasteiger charge is 2.27. The van der Waals surface area contributed by atoms with Crippen molar-refractivity contribution in [3.8, 4) is 5.75 Å². The van der Waals surface area contributed by atoms with Crippen molar-refractivity contribution in [1.29, 1.82) is 0 Å². The van der Waals surface area contributed by atoms with E-state index in [9.17, 15) is 0 Å². The number of hydrogen-bond acceptors (Lipinski definition) is 5. The van der Waals surface area contributed by atoms with Gasteiger partial charge in [-0.1, -0.05) is 0 Å². The number of methoxy groups -OCH3 is 1. The van der Waals surface area contributed by atoms with Crippen LogP contribution in [0.5, 0.6) is 5.75 Å². The molecule has 1 aliphatic heterocycles. The van der Waals surface area contributed by atoms with Crippen LogP contribution >= 0.6 is 23.5 Å². The van der Waals surface area contributed by atoms with Gasteiger partial charge >= 0.3 is 0 Å². The van der Waals surface area contributed by atoms with E-state index in [1.807, 2.05) is 48.9 Å². The Bertz CT molecular complexity index is 356. The van der Waals surface area contributed by atoms with Crippen LogP contribution in [0.1, 0.15) is 11.7 Å². The lowest BCUT2D eigenvalue weighted by Crippen LogP contribution is -2.32. The van der Waals surface area contributed by atoms with Crippen LogP contribution in [-0.4, -0.2) is 41.6 Å². The molecule has 0 spiro atoms. The van der Waals surface area contributed by atoms with Crippen molar-refractivity contribution in [2.45, 2.75) is 11.3 Å². The van der Waals surface area contributed by atoms with Crippen LogP contribution in [0.2, 0.25) is 0 Å². The second-order valence-electron chi connectivity index (χ2n) is 3.84. The van der Waals surface area contributed by atoms with Crippen molar-refractivity contribution in [2.75, 3.05) is 31.4 Å². The van der Waals surface area contributed by atoms with Crippen LogP contribution in [0, 0.1) is 0 Å². The molecule has 2 unspecified atom stereocenters. The first-order chi connectivity index (χ1) is 8.36. The minimum absolute atomic E-state index is 0.268. The fourth-order valence-corrected chi connectivity index (χ4v) is 4.89. The number of nitrogens with zero attached hydrogens (tertiary/aromatic N) is 1. The Morgan fingerprint density at radius 2 is 2.41 bits per heavy atom. The van der Waals surface area contributed by atoms with Gasteiger partial charge in [-0.05, 0) is 19.2 Å². The number of rotatable bonds is 4. The van der Waals surface area contributed by atoms with Crippen LogP contribution in [0.3, 0.4) is 0 Å². The number of hydrogen-bond donors (Lipinski definition) is 1. The van der Waals surface area contributed by atoms with Gasteiger partial charge in [-0.25, -0.2) is 0 Å². The topological polar surface area (TPSA) is 34.2 Å². The van der Waals surface area contributed by atoms with Crippen LogP contribution in [0.15, 0.2) is 18.3 Å². The molecule has 5 heteroatoms. The first kappa shape index (κ1) is 13.1. The third kappa shape index (κ3) is 3.09. The quantitative estimate of drug-likeness (QED) is 0.907. The highest BCUT2D eigenvalue weighted by Crippen LogP contribution is 2.35. The van der Waals surface area contributed by atoms with E-state index in [0.717, 1.165) is 11.4 Å². The minimum atomic E-state index is 0.268. The fraction of sp³-hybridized carbons (Fsp3) is 0.583. The van der Waals surface area contributed by atoms with Gasteiger partial charge in [-0.3, -0.25) is 4.98 Å². The van der Waals surface area contributed by atoms with Gasteiger partial charge < -0.3 is 10.1 Å². The maximum absolute atomic E-state index is 5.40. The molecule has 0 bridgehead atoms. The smallest absolute Gasteiger partial charge is 0.142 e. The summed E-state index contributed by atoms with van der Waals surface area (Å²) in [6, 6.07) is 4.16. The number of aromatic nitrogens is 1. The van der Waals surface area contributed by atoms with E-state index in [2.05, 4.69) is 10.3 Å². The van der Waals surface area contributed by atoms with E-state index < -0.39 is 0 Å². The summed E-state index contributed by atoms with van der Waals surface area (Å²) in [7, 11) is 3.70. The molecule has 1 saturated heterocycles. The molecular weight excluding hydrogens is 252 g/mol. The van der Waals surface area contributed by atoms with Crippen LogP contribution in [0.4, 0.5) is 0 Å². The Hall–Kier alpha value is -0.390. The summed E-state index contributed by atoms with van der Waals surface area (Å²) < 4.78 is 5.40. The maximum Gasteiger partial charge on any atom is 0.142 e. The summed E-state index contributed by atoms with van der Waals surface area (Å²) in [6.45, 7) is 0. The summed E-state index contributed by atoms with van der Waals surface area (Å²) >= 11 is 4.06. The average Bonchev–Trinajstić information content (AvgIpc) is 2.41. The van der Waals surface area contributed by atoms with Gasteiger partial charge in [0, 0.05) is 28.7 Å². The van der Waals surface area contributed by atoms with Crippen molar-refractivity contribution in [2.24, 2.45) is 0 Å². The zero-order valence-corrected chi connectivity index (χ0v) is 11.8. The molecule has 94 valence electrons. The van der Waals surface area contributed by atoms with Crippen LogP contribution < -0.4 is 10.1 Å². The normalized spacial score (nSPS) is 22.1. The Kier molecular flexibility index (Phi) is 5.00. The molecule has 1 aromatic rings. The third-order valence-corrected chi connectivity index (χ3v) is 5.70. The standard InChI is InChI=1S/C12H18N2OS2/c1-13-12(10-8-16-6-7-17-10)11-9(15-2)4-3-5-14-11/h3-5,10,12-13H,6-8H2,1-2H3. The first-order valence-corrected chi connectivity index (χ1v) is 7.92. The molecule has 3 nitrogen and oxygen atoms in total. The maximum atomic E-state index is 5.40. The van der Waals surface area contributed by atoms with Crippen molar-refractivity contribution in [1.82, 2.24) is 10.3 Å². The Balaban J connectivity index is 2.21. The fourth-order valence-electron chi connectivity index (χ4n) is 2.01. The molecule has 17 heavy (non-hydrogen) atoms. The second-order valence-corrected chi connectivity index (χ2v) is 6.34. The number of ether oxygens (including phenoxy) is 1. The van der Waals surface area contributed by atoms with Crippen molar-refractivity contribution in [3.63, 3.8) is 0 Å². The van der Waals surface area contributed by atoms with E-state index in [0.29, 0.717) is 5.25 Å². The van der Waals surface area contributed by atoms with Gasteiger partial charge in [-0.2, -0.15) is 23.5 Å². The van der Waals surface area contributed by atoms with Crippen molar-refractivity contribution >= 4 is 23.5 Å². The molecule has 1 aromatic heterocycles. The Morgan fingerprint density at radius 3 is 3.06 bits per heavy atom. The number of thioether (sulfide) groups is 2. The number of nitrogens with one attached hydrogen (secondary N) is 1. The van der Waals surface area contributed by atoms with Gasteiger partial charge in [0.2, 0.25) is 0 Å². The largest absolute Gasteiger partial charge is 0.495 e. The number of pyridine rings is 1. The lowest BCUT2D eigenvalue weighted by atomic mass is 10.1. The minimum Gasteiger partial charge on any atom is -0.495 e. The van der Waals surface area contributed by atoms with E-state index in [1.54, 1.807) is 7.11 Å². The second kappa shape index (κ2) is 6.52. The summed E-state index contributed by atoms with van der Waals surface area (Å²) in [5.74, 6) is 4.54. The first-order valence-electron chi connectivity index (χ1n) is 5.72. The highest BCUT2D eigenvalue weighted by atomic mass is 32.2. The Morgan fingerprint density at radius 1 is 1.53 bits per heavy atom. The molecule has 2 heterocycles. The van der Waals surface area contributed by atoms with Gasteiger partial charge in [-0.15, -0.1) is 0 Å². The van der Waals surface area contributed by atoms with Crippen molar-refractivity contribution < 1.29 is 4.74 Å². The summed E-state index contributed by atoms with van der Waals surface area (Å²) in [5.41, 5.74) is 1.03. The highest BCUT2D eigenvalue weighted by molar-refractivity contribution is 8.06. The van der Waals surface area contributed by atoms with Gasteiger partial charge in [0.25, 0.3) is 0 Å². The molecule has 1 fully saturated rings. The molecule has 2 atom stereocenters. The van der Waals surface area contributed by atoms with Gasteiger partial charge in [0.05, 0.1) is 13.2 Å².